The first-order valence-electron chi connectivity index (χ1n) is 6.66. The zero-order valence-electron chi connectivity index (χ0n) is 11.0. The van der Waals surface area contributed by atoms with Crippen LogP contribution in [0.25, 0.3) is 0 Å². The van der Waals surface area contributed by atoms with Crippen LogP contribution in [0, 0.1) is 0 Å². The normalized spacial score (nSPS) is 19.9. The molecule has 0 aliphatic carbocycles. The molecule has 0 amide bonds. The molecule has 100 valence electrons. The van der Waals surface area contributed by atoms with Gasteiger partial charge in [-0.15, -0.1) is 0 Å². The standard InChI is InChI=1S/C14H22N2O2/c1-15-8-12-5-6-13(16-9-12)10-17-11-14-4-2-3-7-18-14/h5-6,9,14-15H,2-4,7-8,10-11H2,1H3. The van der Waals surface area contributed by atoms with Crippen LogP contribution in [0.3, 0.4) is 0 Å². The van der Waals surface area contributed by atoms with Crippen LogP contribution in [0.4, 0.5) is 0 Å². The van der Waals surface area contributed by atoms with E-state index in [4.69, 9.17) is 9.47 Å². The maximum atomic E-state index is 5.66. The molecule has 0 aromatic carbocycles. The van der Waals surface area contributed by atoms with Gasteiger partial charge in [0.05, 0.1) is 25.0 Å². The first-order valence-corrected chi connectivity index (χ1v) is 6.66. The van der Waals surface area contributed by atoms with E-state index < -0.39 is 0 Å². The zero-order chi connectivity index (χ0) is 12.6. The van der Waals surface area contributed by atoms with Crippen molar-refractivity contribution in [3.05, 3.63) is 29.6 Å². The molecule has 1 aromatic rings. The highest BCUT2D eigenvalue weighted by Crippen LogP contribution is 2.13. The van der Waals surface area contributed by atoms with Crippen LogP contribution >= 0.6 is 0 Å². The van der Waals surface area contributed by atoms with Crippen molar-refractivity contribution in [3.8, 4) is 0 Å². The van der Waals surface area contributed by atoms with Crippen molar-refractivity contribution in [2.45, 2.75) is 38.5 Å². The minimum Gasteiger partial charge on any atom is -0.376 e. The second-order valence-electron chi connectivity index (χ2n) is 4.69. The molecule has 1 N–H and O–H groups in total. The van der Waals surface area contributed by atoms with Gasteiger partial charge in [0.15, 0.2) is 0 Å². The Hall–Kier alpha value is -0.970. The van der Waals surface area contributed by atoms with Crippen LogP contribution in [0.1, 0.15) is 30.5 Å². The number of aromatic nitrogens is 1. The minimum absolute atomic E-state index is 0.280. The van der Waals surface area contributed by atoms with E-state index in [0.717, 1.165) is 25.3 Å². The lowest BCUT2D eigenvalue weighted by Gasteiger charge is -2.22. The Balaban J connectivity index is 1.69. The van der Waals surface area contributed by atoms with Crippen molar-refractivity contribution < 1.29 is 9.47 Å². The van der Waals surface area contributed by atoms with Gasteiger partial charge in [-0.2, -0.15) is 0 Å². The number of hydrogen-bond acceptors (Lipinski definition) is 4. The van der Waals surface area contributed by atoms with Gasteiger partial charge in [-0.3, -0.25) is 4.98 Å². The van der Waals surface area contributed by atoms with E-state index >= 15 is 0 Å². The lowest BCUT2D eigenvalue weighted by atomic mass is 10.1. The number of ether oxygens (including phenoxy) is 2. The van der Waals surface area contributed by atoms with Gasteiger partial charge in [0.1, 0.15) is 0 Å². The fourth-order valence-corrected chi connectivity index (χ4v) is 2.08. The van der Waals surface area contributed by atoms with Gasteiger partial charge >= 0.3 is 0 Å². The van der Waals surface area contributed by atoms with Gasteiger partial charge < -0.3 is 14.8 Å². The molecule has 4 heteroatoms. The third-order valence-corrected chi connectivity index (χ3v) is 3.09. The van der Waals surface area contributed by atoms with Gasteiger partial charge in [-0.1, -0.05) is 6.07 Å². The van der Waals surface area contributed by atoms with Gasteiger partial charge in [-0.25, -0.2) is 0 Å². The smallest absolute Gasteiger partial charge is 0.0889 e. The second kappa shape index (κ2) is 7.46. The molecule has 0 bridgehead atoms. The van der Waals surface area contributed by atoms with Gasteiger partial charge in [0, 0.05) is 19.3 Å². The van der Waals surface area contributed by atoms with E-state index in [9.17, 15) is 0 Å². The van der Waals surface area contributed by atoms with Crippen molar-refractivity contribution in [2.24, 2.45) is 0 Å². The van der Waals surface area contributed by atoms with Crippen molar-refractivity contribution in [1.82, 2.24) is 10.3 Å². The summed E-state index contributed by atoms with van der Waals surface area (Å²) in [7, 11) is 1.93. The molecule has 1 aliphatic heterocycles. The minimum atomic E-state index is 0.280. The largest absolute Gasteiger partial charge is 0.376 e. The number of hydrogen-bond donors (Lipinski definition) is 1. The first-order chi connectivity index (χ1) is 8.88. The van der Waals surface area contributed by atoms with Crippen molar-refractivity contribution >= 4 is 0 Å². The Labute approximate surface area is 109 Å². The maximum Gasteiger partial charge on any atom is 0.0889 e. The third kappa shape index (κ3) is 4.37. The molecule has 2 rings (SSSR count). The zero-order valence-corrected chi connectivity index (χ0v) is 11.0. The molecule has 18 heavy (non-hydrogen) atoms. The fraction of sp³-hybridized carbons (Fsp3) is 0.643. The third-order valence-electron chi connectivity index (χ3n) is 3.09. The summed E-state index contributed by atoms with van der Waals surface area (Å²) in [5, 5.41) is 3.10. The molecule has 2 heterocycles. The second-order valence-corrected chi connectivity index (χ2v) is 4.69. The fourth-order valence-electron chi connectivity index (χ4n) is 2.08. The topological polar surface area (TPSA) is 43.4 Å². The Morgan fingerprint density at radius 2 is 2.39 bits per heavy atom. The molecule has 1 unspecified atom stereocenters. The van der Waals surface area contributed by atoms with Gasteiger partial charge in [0.25, 0.3) is 0 Å². The Morgan fingerprint density at radius 1 is 1.44 bits per heavy atom. The maximum absolute atomic E-state index is 5.66. The predicted octanol–water partition coefficient (Wildman–Crippen LogP) is 1.89. The van der Waals surface area contributed by atoms with Crippen molar-refractivity contribution in [2.75, 3.05) is 20.3 Å². The summed E-state index contributed by atoms with van der Waals surface area (Å²) < 4.78 is 11.3. The SMILES string of the molecule is CNCc1ccc(COCC2CCCCO2)nc1. The summed E-state index contributed by atoms with van der Waals surface area (Å²) in [6, 6.07) is 4.10. The van der Waals surface area contributed by atoms with E-state index in [1.807, 2.05) is 19.3 Å². The summed E-state index contributed by atoms with van der Waals surface area (Å²) in [4.78, 5) is 4.37. The highest BCUT2D eigenvalue weighted by Gasteiger charge is 2.13. The monoisotopic (exact) mass is 250 g/mol. The summed E-state index contributed by atoms with van der Waals surface area (Å²) >= 11 is 0. The highest BCUT2D eigenvalue weighted by atomic mass is 16.5. The van der Waals surface area contributed by atoms with E-state index in [0.29, 0.717) is 13.2 Å². The molecule has 1 atom stereocenters. The van der Waals surface area contributed by atoms with Crippen LogP contribution in [0.2, 0.25) is 0 Å². The van der Waals surface area contributed by atoms with Gasteiger partial charge in [-0.05, 0) is 37.9 Å². The molecule has 1 saturated heterocycles. The van der Waals surface area contributed by atoms with Crippen LogP contribution in [0.5, 0.6) is 0 Å². The Morgan fingerprint density at radius 3 is 3.06 bits per heavy atom. The number of rotatable bonds is 6. The molecule has 0 saturated carbocycles. The molecular formula is C14H22N2O2. The summed E-state index contributed by atoms with van der Waals surface area (Å²) in [5.41, 5.74) is 2.17. The average Bonchev–Trinajstić information content (AvgIpc) is 2.42. The molecule has 1 aromatic heterocycles. The average molecular weight is 250 g/mol. The molecule has 0 radical (unpaired) electrons. The van der Waals surface area contributed by atoms with Crippen LogP contribution in [-0.4, -0.2) is 31.3 Å². The summed E-state index contributed by atoms with van der Waals surface area (Å²) in [5.74, 6) is 0. The Kier molecular flexibility index (Phi) is 5.58. The predicted molar refractivity (Wildman–Crippen MR) is 70.2 cm³/mol. The molecule has 1 aliphatic rings. The summed E-state index contributed by atoms with van der Waals surface area (Å²) in [6.45, 7) is 2.98. The van der Waals surface area contributed by atoms with Crippen LogP contribution in [-0.2, 0) is 22.6 Å². The number of pyridine rings is 1. The van der Waals surface area contributed by atoms with E-state index in [-0.39, 0.29) is 6.10 Å². The van der Waals surface area contributed by atoms with Gasteiger partial charge in [0.2, 0.25) is 0 Å². The quantitative estimate of drug-likeness (QED) is 0.837. The van der Waals surface area contributed by atoms with E-state index in [1.54, 1.807) is 0 Å². The molecular weight excluding hydrogens is 228 g/mol. The van der Waals surface area contributed by atoms with Crippen LogP contribution in [0.15, 0.2) is 18.3 Å². The first kappa shape index (κ1) is 13.5. The Bertz CT molecular complexity index is 334. The molecule has 4 nitrogen and oxygen atoms in total. The molecule has 0 spiro atoms. The lowest BCUT2D eigenvalue weighted by molar-refractivity contribution is -0.0452. The van der Waals surface area contributed by atoms with E-state index in [2.05, 4.69) is 16.4 Å². The summed E-state index contributed by atoms with van der Waals surface area (Å²) in [6.07, 6.45) is 5.74. The lowest BCUT2D eigenvalue weighted by Crippen LogP contribution is -2.24. The molecule has 1 fully saturated rings. The highest BCUT2D eigenvalue weighted by molar-refractivity contribution is 5.13. The number of nitrogens with zero attached hydrogens (tertiary/aromatic N) is 1. The van der Waals surface area contributed by atoms with E-state index in [1.165, 1.54) is 18.4 Å². The van der Waals surface area contributed by atoms with Crippen molar-refractivity contribution in [1.29, 1.82) is 0 Å². The van der Waals surface area contributed by atoms with Crippen molar-refractivity contribution in [3.63, 3.8) is 0 Å². The number of nitrogens with one attached hydrogen (secondary N) is 1. The van der Waals surface area contributed by atoms with Crippen LogP contribution < -0.4 is 5.32 Å².